The second kappa shape index (κ2) is 7.33. The van der Waals surface area contributed by atoms with E-state index in [1.165, 1.54) is 11.1 Å². The number of fused-ring (bicyclic) bond motifs is 2. The van der Waals surface area contributed by atoms with Gasteiger partial charge in [-0.3, -0.25) is 9.88 Å². The summed E-state index contributed by atoms with van der Waals surface area (Å²) in [4.78, 5) is 11.6. The summed E-state index contributed by atoms with van der Waals surface area (Å²) in [5.41, 5.74) is 3.44. The summed E-state index contributed by atoms with van der Waals surface area (Å²) >= 11 is 0. The average Bonchev–Trinajstić information content (AvgIpc) is 2.99. The fourth-order valence-corrected chi connectivity index (χ4v) is 3.57. The van der Waals surface area contributed by atoms with Gasteiger partial charge in [-0.05, 0) is 19.1 Å². The van der Waals surface area contributed by atoms with E-state index < -0.39 is 0 Å². The van der Waals surface area contributed by atoms with Crippen molar-refractivity contribution in [2.75, 3.05) is 19.8 Å². The van der Waals surface area contributed by atoms with Gasteiger partial charge in [0.2, 0.25) is 0 Å². The molecule has 0 saturated heterocycles. The Kier molecular flexibility index (Phi) is 4.76. The molecule has 25 heavy (non-hydrogen) atoms. The summed E-state index contributed by atoms with van der Waals surface area (Å²) in [5.74, 6) is 0.468. The normalized spacial score (nSPS) is 18.2. The lowest BCUT2D eigenvalue weighted by molar-refractivity contribution is 0.0848. The molecule has 1 aliphatic heterocycles. The lowest BCUT2D eigenvalue weighted by Gasteiger charge is -2.23. The predicted octanol–water partition coefficient (Wildman–Crippen LogP) is 3.10. The summed E-state index contributed by atoms with van der Waals surface area (Å²) < 4.78 is 7.96. The second-order valence-corrected chi connectivity index (χ2v) is 6.73. The smallest absolute Gasteiger partial charge is 0.0948 e. The van der Waals surface area contributed by atoms with E-state index in [1.54, 1.807) is 0 Å². The Bertz CT molecular complexity index is 844. The van der Waals surface area contributed by atoms with Crippen LogP contribution >= 0.6 is 0 Å². The van der Waals surface area contributed by atoms with Crippen LogP contribution < -0.4 is 0 Å². The van der Waals surface area contributed by atoms with Crippen LogP contribution in [0.2, 0.25) is 0 Å². The van der Waals surface area contributed by atoms with E-state index in [1.807, 2.05) is 18.6 Å². The lowest BCUT2D eigenvalue weighted by Crippen LogP contribution is -2.30. The van der Waals surface area contributed by atoms with Gasteiger partial charge in [-0.15, -0.1) is 0 Å². The van der Waals surface area contributed by atoms with Crippen LogP contribution in [0.3, 0.4) is 0 Å². The van der Waals surface area contributed by atoms with Crippen molar-refractivity contribution < 1.29 is 4.74 Å². The van der Waals surface area contributed by atoms with Gasteiger partial charge in [0.15, 0.2) is 0 Å². The SMILES string of the molecule is CCOCC1CN(Cc2ccc3ccccc3n2)Cc2cncn2C1. The Hall–Kier alpha value is -2.24. The molecule has 1 aliphatic rings. The highest BCUT2D eigenvalue weighted by molar-refractivity contribution is 5.78. The van der Waals surface area contributed by atoms with Gasteiger partial charge < -0.3 is 9.30 Å². The zero-order chi connectivity index (χ0) is 17.1. The number of hydrogen-bond acceptors (Lipinski definition) is 4. The van der Waals surface area contributed by atoms with Gasteiger partial charge in [-0.1, -0.05) is 24.3 Å². The van der Waals surface area contributed by atoms with E-state index in [0.717, 1.165) is 50.6 Å². The van der Waals surface area contributed by atoms with Gasteiger partial charge in [-0.25, -0.2) is 4.98 Å². The first-order valence-electron chi connectivity index (χ1n) is 8.95. The molecule has 4 rings (SSSR count). The third kappa shape index (κ3) is 3.72. The molecule has 0 aliphatic carbocycles. The quantitative estimate of drug-likeness (QED) is 0.718. The predicted molar refractivity (Wildman–Crippen MR) is 98.1 cm³/mol. The van der Waals surface area contributed by atoms with E-state index in [2.05, 4.69) is 51.7 Å². The van der Waals surface area contributed by atoms with E-state index in [4.69, 9.17) is 9.72 Å². The van der Waals surface area contributed by atoms with Crippen LogP contribution in [0.15, 0.2) is 48.9 Å². The van der Waals surface area contributed by atoms with Gasteiger partial charge >= 0.3 is 0 Å². The minimum Gasteiger partial charge on any atom is -0.381 e. The van der Waals surface area contributed by atoms with Crippen molar-refractivity contribution in [3.63, 3.8) is 0 Å². The maximum Gasteiger partial charge on any atom is 0.0948 e. The number of pyridine rings is 1. The minimum atomic E-state index is 0.468. The van der Waals surface area contributed by atoms with Gasteiger partial charge in [0.25, 0.3) is 0 Å². The second-order valence-electron chi connectivity index (χ2n) is 6.73. The zero-order valence-corrected chi connectivity index (χ0v) is 14.6. The van der Waals surface area contributed by atoms with Crippen molar-refractivity contribution in [3.8, 4) is 0 Å². The zero-order valence-electron chi connectivity index (χ0n) is 14.6. The Morgan fingerprint density at radius 2 is 2.08 bits per heavy atom. The van der Waals surface area contributed by atoms with Crippen LogP contribution in [-0.4, -0.2) is 39.2 Å². The maximum absolute atomic E-state index is 5.70. The van der Waals surface area contributed by atoms with Gasteiger partial charge in [0.1, 0.15) is 0 Å². The number of imidazole rings is 1. The van der Waals surface area contributed by atoms with Gasteiger partial charge in [-0.2, -0.15) is 0 Å². The van der Waals surface area contributed by atoms with E-state index in [-0.39, 0.29) is 0 Å². The van der Waals surface area contributed by atoms with Gasteiger partial charge in [0.05, 0.1) is 29.8 Å². The first-order chi connectivity index (χ1) is 12.3. The molecule has 0 radical (unpaired) electrons. The number of rotatable bonds is 5. The van der Waals surface area contributed by atoms with E-state index in [0.29, 0.717) is 5.92 Å². The van der Waals surface area contributed by atoms with Crippen LogP contribution in [0, 0.1) is 5.92 Å². The van der Waals surface area contributed by atoms with Crippen molar-refractivity contribution in [2.45, 2.75) is 26.6 Å². The third-order valence-electron chi connectivity index (χ3n) is 4.75. The highest BCUT2D eigenvalue weighted by Gasteiger charge is 2.22. The molecular weight excluding hydrogens is 312 g/mol. The third-order valence-corrected chi connectivity index (χ3v) is 4.75. The summed E-state index contributed by atoms with van der Waals surface area (Å²) in [6, 6.07) is 12.6. The van der Waals surface area contributed by atoms with Crippen LogP contribution in [-0.2, 0) is 24.4 Å². The molecule has 0 bridgehead atoms. The largest absolute Gasteiger partial charge is 0.381 e. The number of aromatic nitrogens is 3. The number of benzene rings is 1. The van der Waals surface area contributed by atoms with Crippen molar-refractivity contribution in [1.29, 1.82) is 0 Å². The van der Waals surface area contributed by atoms with Crippen molar-refractivity contribution in [1.82, 2.24) is 19.4 Å². The Balaban J connectivity index is 1.54. The molecule has 5 heteroatoms. The van der Waals surface area contributed by atoms with E-state index >= 15 is 0 Å². The molecular formula is C20H24N4O. The molecule has 1 atom stereocenters. The molecule has 2 aromatic heterocycles. The van der Waals surface area contributed by atoms with Crippen LogP contribution in [0.5, 0.6) is 0 Å². The molecule has 130 valence electrons. The lowest BCUT2D eigenvalue weighted by atomic mass is 10.1. The maximum atomic E-state index is 5.70. The molecule has 3 aromatic rings. The number of ether oxygens (including phenoxy) is 1. The molecule has 0 amide bonds. The van der Waals surface area contributed by atoms with Crippen LogP contribution in [0.1, 0.15) is 18.3 Å². The van der Waals surface area contributed by atoms with E-state index in [9.17, 15) is 0 Å². The van der Waals surface area contributed by atoms with Crippen molar-refractivity contribution >= 4 is 10.9 Å². The first kappa shape index (κ1) is 16.2. The molecule has 5 nitrogen and oxygen atoms in total. The molecule has 1 unspecified atom stereocenters. The number of para-hydroxylation sites is 1. The highest BCUT2D eigenvalue weighted by atomic mass is 16.5. The summed E-state index contributed by atoms with van der Waals surface area (Å²) in [6.45, 7) is 7.33. The monoisotopic (exact) mass is 336 g/mol. The van der Waals surface area contributed by atoms with Crippen LogP contribution in [0.4, 0.5) is 0 Å². The fraction of sp³-hybridized carbons (Fsp3) is 0.400. The van der Waals surface area contributed by atoms with Gasteiger partial charge in [0, 0.05) is 50.3 Å². The fourth-order valence-electron chi connectivity index (χ4n) is 3.57. The highest BCUT2D eigenvalue weighted by Crippen LogP contribution is 2.19. The summed E-state index contributed by atoms with van der Waals surface area (Å²) in [6.07, 6.45) is 3.91. The van der Waals surface area contributed by atoms with Crippen LogP contribution in [0.25, 0.3) is 10.9 Å². The van der Waals surface area contributed by atoms with Crippen molar-refractivity contribution in [2.24, 2.45) is 5.92 Å². The minimum absolute atomic E-state index is 0.468. The average molecular weight is 336 g/mol. The molecule has 1 aromatic carbocycles. The van der Waals surface area contributed by atoms with Crippen molar-refractivity contribution in [3.05, 3.63) is 60.3 Å². The summed E-state index contributed by atoms with van der Waals surface area (Å²) in [7, 11) is 0. The topological polar surface area (TPSA) is 43.2 Å². The Morgan fingerprint density at radius 1 is 1.16 bits per heavy atom. The summed E-state index contributed by atoms with van der Waals surface area (Å²) in [5, 5.41) is 1.19. The molecule has 0 N–H and O–H groups in total. The first-order valence-corrected chi connectivity index (χ1v) is 8.95. The Labute approximate surface area is 148 Å². The molecule has 0 saturated carbocycles. The molecule has 3 heterocycles. The standard InChI is InChI=1S/C20H24N4O/c1-2-25-14-16-10-23(13-19-9-21-15-24(19)11-16)12-18-8-7-17-5-3-4-6-20(17)22-18/h3-9,15-16H,2,10-14H2,1H3. The molecule has 0 fully saturated rings. The number of nitrogens with zero attached hydrogens (tertiary/aromatic N) is 4. The molecule has 0 spiro atoms. The Morgan fingerprint density at radius 3 is 3.00 bits per heavy atom. The number of hydrogen-bond donors (Lipinski definition) is 0.